The van der Waals surface area contributed by atoms with Gasteiger partial charge in [0.05, 0.1) is 6.07 Å². The first-order valence-corrected chi connectivity index (χ1v) is 4.03. The first-order chi connectivity index (χ1) is 5.57. The van der Waals surface area contributed by atoms with Gasteiger partial charge >= 0.3 is 0 Å². The van der Waals surface area contributed by atoms with E-state index in [1.165, 1.54) is 6.92 Å². The maximum Gasteiger partial charge on any atom is 0.219 e. The third-order valence-corrected chi connectivity index (χ3v) is 2.32. The predicted molar refractivity (Wildman–Crippen MR) is 44.0 cm³/mol. The number of amides is 1. The van der Waals surface area contributed by atoms with Crippen molar-refractivity contribution in [2.24, 2.45) is 5.73 Å². The van der Waals surface area contributed by atoms with Crippen LogP contribution in [0.2, 0.25) is 0 Å². The average molecular weight is 167 g/mol. The SMILES string of the molecule is CC(=O)N1CCC(N)(C#N)CC1. The predicted octanol–water partition coefficient (Wildman–Crippen LogP) is -0.150. The molecule has 12 heavy (non-hydrogen) atoms. The van der Waals surface area contributed by atoms with E-state index in [9.17, 15) is 4.79 Å². The van der Waals surface area contributed by atoms with E-state index >= 15 is 0 Å². The van der Waals surface area contributed by atoms with Crippen LogP contribution in [0, 0.1) is 11.3 Å². The molecule has 0 spiro atoms. The zero-order chi connectivity index (χ0) is 9.19. The second-order valence-electron chi connectivity index (χ2n) is 3.27. The van der Waals surface area contributed by atoms with Gasteiger partial charge in [0.2, 0.25) is 5.91 Å². The fourth-order valence-electron chi connectivity index (χ4n) is 1.33. The van der Waals surface area contributed by atoms with Crippen molar-refractivity contribution < 1.29 is 4.79 Å². The number of rotatable bonds is 0. The highest BCUT2D eigenvalue weighted by molar-refractivity contribution is 5.73. The van der Waals surface area contributed by atoms with Crippen LogP contribution < -0.4 is 5.73 Å². The molecule has 1 rings (SSSR count). The highest BCUT2D eigenvalue weighted by atomic mass is 16.2. The van der Waals surface area contributed by atoms with Gasteiger partial charge < -0.3 is 10.6 Å². The van der Waals surface area contributed by atoms with Crippen molar-refractivity contribution in [3.63, 3.8) is 0 Å². The number of nitrogens with zero attached hydrogens (tertiary/aromatic N) is 2. The fraction of sp³-hybridized carbons (Fsp3) is 0.750. The summed E-state index contributed by atoms with van der Waals surface area (Å²) in [7, 11) is 0. The lowest BCUT2D eigenvalue weighted by atomic mass is 9.90. The van der Waals surface area contributed by atoms with Crippen molar-refractivity contribution in [2.45, 2.75) is 25.3 Å². The lowest BCUT2D eigenvalue weighted by Crippen LogP contribution is -2.50. The Morgan fingerprint density at radius 2 is 2.08 bits per heavy atom. The van der Waals surface area contributed by atoms with Gasteiger partial charge in [-0.1, -0.05) is 0 Å². The molecular weight excluding hydrogens is 154 g/mol. The molecule has 0 aromatic carbocycles. The highest BCUT2D eigenvalue weighted by Gasteiger charge is 2.31. The molecule has 1 saturated heterocycles. The minimum absolute atomic E-state index is 0.0648. The summed E-state index contributed by atoms with van der Waals surface area (Å²) in [5.74, 6) is 0.0648. The van der Waals surface area contributed by atoms with E-state index in [0.29, 0.717) is 25.9 Å². The summed E-state index contributed by atoms with van der Waals surface area (Å²) in [6.45, 7) is 2.76. The molecule has 0 aromatic heterocycles. The van der Waals surface area contributed by atoms with Gasteiger partial charge in [0, 0.05) is 20.0 Å². The number of nitrogens with two attached hydrogens (primary N) is 1. The maximum absolute atomic E-state index is 10.9. The molecule has 66 valence electrons. The number of carbonyl (C=O) groups excluding carboxylic acids is 1. The normalized spacial score (nSPS) is 21.6. The van der Waals surface area contributed by atoms with Crippen LogP contribution in [0.15, 0.2) is 0 Å². The molecule has 4 heteroatoms. The van der Waals surface area contributed by atoms with Gasteiger partial charge in [0.15, 0.2) is 0 Å². The topological polar surface area (TPSA) is 70.1 Å². The third-order valence-electron chi connectivity index (χ3n) is 2.32. The van der Waals surface area contributed by atoms with Gasteiger partial charge in [0.25, 0.3) is 0 Å². The maximum atomic E-state index is 10.9. The Morgan fingerprint density at radius 1 is 1.58 bits per heavy atom. The molecule has 4 nitrogen and oxygen atoms in total. The van der Waals surface area contributed by atoms with Crippen LogP contribution in [0.4, 0.5) is 0 Å². The Balaban J connectivity index is 2.51. The molecule has 1 heterocycles. The Morgan fingerprint density at radius 3 is 2.42 bits per heavy atom. The van der Waals surface area contributed by atoms with Gasteiger partial charge in [-0.3, -0.25) is 4.79 Å². The Bertz CT molecular complexity index is 223. The largest absolute Gasteiger partial charge is 0.343 e. The van der Waals surface area contributed by atoms with Crippen molar-refractivity contribution >= 4 is 5.91 Å². The van der Waals surface area contributed by atoms with Crippen LogP contribution in [0.3, 0.4) is 0 Å². The fourth-order valence-corrected chi connectivity index (χ4v) is 1.33. The van der Waals surface area contributed by atoms with Gasteiger partial charge in [-0.25, -0.2) is 0 Å². The van der Waals surface area contributed by atoms with Crippen molar-refractivity contribution in [1.29, 1.82) is 5.26 Å². The summed E-state index contributed by atoms with van der Waals surface area (Å²) in [4.78, 5) is 12.6. The van der Waals surface area contributed by atoms with Crippen LogP contribution in [0.1, 0.15) is 19.8 Å². The highest BCUT2D eigenvalue weighted by Crippen LogP contribution is 2.18. The number of hydrogen-bond donors (Lipinski definition) is 1. The van der Waals surface area contributed by atoms with Crippen LogP contribution in [-0.4, -0.2) is 29.4 Å². The molecule has 0 bridgehead atoms. The van der Waals surface area contributed by atoms with E-state index in [0.717, 1.165) is 0 Å². The Hall–Kier alpha value is -1.08. The van der Waals surface area contributed by atoms with Crippen LogP contribution in [0.5, 0.6) is 0 Å². The molecule has 0 radical (unpaired) electrons. The number of piperidine rings is 1. The summed E-state index contributed by atoms with van der Waals surface area (Å²) in [5.41, 5.74) is 5.02. The molecule has 0 atom stereocenters. The zero-order valence-electron chi connectivity index (χ0n) is 7.21. The van der Waals surface area contributed by atoms with E-state index in [-0.39, 0.29) is 5.91 Å². The molecule has 1 aliphatic rings. The second-order valence-corrected chi connectivity index (χ2v) is 3.27. The molecule has 2 N–H and O–H groups in total. The number of carbonyl (C=O) groups is 1. The summed E-state index contributed by atoms with van der Waals surface area (Å²) < 4.78 is 0. The lowest BCUT2D eigenvalue weighted by Gasteiger charge is -2.34. The average Bonchev–Trinajstić information content (AvgIpc) is 2.05. The zero-order valence-corrected chi connectivity index (χ0v) is 7.21. The first-order valence-electron chi connectivity index (χ1n) is 4.03. The molecular formula is C8H13N3O. The minimum atomic E-state index is -0.702. The summed E-state index contributed by atoms with van der Waals surface area (Å²) in [6.07, 6.45) is 1.17. The van der Waals surface area contributed by atoms with E-state index in [4.69, 9.17) is 11.0 Å². The molecule has 1 aliphatic heterocycles. The molecule has 0 unspecified atom stereocenters. The molecule has 0 saturated carbocycles. The lowest BCUT2D eigenvalue weighted by molar-refractivity contribution is -0.130. The molecule has 0 aromatic rings. The summed E-state index contributed by atoms with van der Waals surface area (Å²) in [5, 5.41) is 8.70. The standard InChI is InChI=1S/C8H13N3O/c1-7(12)11-4-2-8(10,6-9)3-5-11/h2-5,10H2,1H3. The van der Waals surface area contributed by atoms with Gasteiger partial charge in [-0.2, -0.15) is 5.26 Å². The van der Waals surface area contributed by atoms with Gasteiger partial charge in [-0.05, 0) is 12.8 Å². The molecule has 0 aliphatic carbocycles. The monoisotopic (exact) mass is 167 g/mol. The summed E-state index contributed by atoms with van der Waals surface area (Å²) >= 11 is 0. The molecule has 1 fully saturated rings. The third kappa shape index (κ3) is 1.74. The quantitative estimate of drug-likeness (QED) is 0.545. The number of nitriles is 1. The van der Waals surface area contributed by atoms with Crippen LogP contribution >= 0.6 is 0 Å². The van der Waals surface area contributed by atoms with Crippen molar-refractivity contribution in [2.75, 3.05) is 13.1 Å². The molecule has 1 amide bonds. The van der Waals surface area contributed by atoms with E-state index in [1.807, 2.05) is 0 Å². The van der Waals surface area contributed by atoms with Gasteiger partial charge in [-0.15, -0.1) is 0 Å². The van der Waals surface area contributed by atoms with E-state index in [1.54, 1.807) is 4.90 Å². The summed E-state index contributed by atoms with van der Waals surface area (Å²) in [6, 6.07) is 2.08. The van der Waals surface area contributed by atoms with E-state index in [2.05, 4.69) is 6.07 Å². The minimum Gasteiger partial charge on any atom is -0.343 e. The smallest absolute Gasteiger partial charge is 0.219 e. The van der Waals surface area contributed by atoms with E-state index < -0.39 is 5.54 Å². The van der Waals surface area contributed by atoms with Crippen molar-refractivity contribution in [3.8, 4) is 6.07 Å². The van der Waals surface area contributed by atoms with Crippen LogP contribution in [0.25, 0.3) is 0 Å². The van der Waals surface area contributed by atoms with Gasteiger partial charge in [0.1, 0.15) is 5.54 Å². The number of hydrogen-bond acceptors (Lipinski definition) is 3. The van der Waals surface area contributed by atoms with Crippen molar-refractivity contribution in [3.05, 3.63) is 0 Å². The Kier molecular flexibility index (Phi) is 2.34. The van der Waals surface area contributed by atoms with Crippen molar-refractivity contribution in [1.82, 2.24) is 4.90 Å². The van der Waals surface area contributed by atoms with Crippen LogP contribution in [-0.2, 0) is 4.79 Å². The Labute approximate surface area is 71.9 Å². The first kappa shape index (κ1) is 9.01. The number of likely N-dealkylation sites (tertiary alicyclic amines) is 1. The second kappa shape index (κ2) is 3.11.